The Hall–Kier alpha value is -2.39. The first-order chi connectivity index (χ1) is 12.8. The molecular formula is C17H21N7OS. The normalized spacial score (nSPS) is 14.9. The lowest BCUT2D eigenvalue weighted by Gasteiger charge is -2.27. The number of aromatic nitrogens is 5. The number of rotatable bonds is 5. The van der Waals surface area contributed by atoms with Crippen LogP contribution in [0.15, 0.2) is 29.4 Å². The first-order valence-electron chi connectivity index (χ1n) is 8.66. The Balaban J connectivity index is 1.53. The summed E-state index contributed by atoms with van der Waals surface area (Å²) in [5.41, 5.74) is 6.93. The molecule has 0 saturated carbocycles. The van der Waals surface area contributed by atoms with Crippen molar-refractivity contribution in [1.29, 1.82) is 0 Å². The van der Waals surface area contributed by atoms with Gasteiger partial charge in [0.25, 0.3) is 0 Å². The summed E-state index contributed by atoms with van der Waals surface area (Å²) >= 11 is 1.58. The number of anilines is 2. The van der Waals surface area contributed by atoms with Crippen molar-refractivity contribution in [2.45, 2.75) is 24.4 Å². The van der Waals surface area contributed by atoms with Gasteiger partial charge in [-0.15, -0.1) is 10.2 Å². The van der Waals surface area contributed by atoms with Crippen LogP contribution < -0.4 is 10.6 Å². The molecule has 136 valence electrons. The summed E-state index contributed by atoms with van der Waals surface area (Å²) in [5, 5.41) is 10.5. The lowest BCUT2D eigenvalue weighted by molar-refractivity contribution is 0.121. The van der Waals surface area contributed by atoms with Crippen molar-refractivity contribution >= 4 is 34.4 Å². The summed E-state index contributed by atoms with van der Waals surface area (Å²) in [7, 11) is 0. The van der Waals surface area contributed by atoms with Crippen LogP contribution in [0.5, 0.6) is 0 Å². The van der Waals surface area contributed by atoms with Gasteiger partial charge in [-0.3, -0.25) is 4.57 Å². The lowest BCUT2D eigenvalue weighted by Crippen LogP contribution is -2.38. The number of morpholine rings is 1. The number of nitrogens with zero attached hydrogens (tertiary/aromatic N) is 6. The van der Waals surface area contributed by atoms with Gasteiger partial charge < -0.3 is 15.4 Å². The van der Waals surface area contributed by atoms with Gasteiger partial charge in [-0.25, -0.2) is 9.97 Å². The molecule has 1 aliphatic heterocycles. The van der Waals surface area contributed by atoms with Crippen molar-refractivity contribution in [3.63, 3.8) is 0 Å². The summed E-state index contributed by atoms with van der Waals surface area (Å²) in [6.45, 7) is 6.04. The molecule has 1 aromatic carbocycles. The highest BCUT2D eigenvalue weighted by Gasteiger charge is 2.20. The van der Waals surface area contributed by atoms with E-state index in [-0.39, 0.29) is 0 Å². The minimum Gasteiger partial charge on any atom is -0.383 e. The van der Waals surface area contributed by atoms with Crippen LogP contribution in [0, 0.1) is 0 Å². The van der Waals surface area contributed by atoms with E-state index in [0.29, 0.717) is 17.4 Å². The van der Waals surface area contributed by atoms with Gasteiger partial charge in [-0.2, -0.15) is 0 Å². The Labute approximate surface area is 155 Å². The zero-order chi connectivity index (χ0) is 17.9. The number of para-hydroxylation sites is 1. The van der Waals surface area contributed by atoms with Crippen molar-refractivity contribution in [3.8, 4) is 0 Å². The fourth-order valence-corrected chi connectivity index (χ4v) is 3.86. The summed E-state index contributed by atoms with van der Waals surface area (Å²) in [6.07, 6.45) is 0. The van der Waals surface area contributed by atoms with Gasteiger partial charge in [0.2, 0.25) is 5.95 Å². The van der Waals surface area contributed by atoms with Crippen molar-refractivity contribution < 1.29 is 4.74 Å². The monoisotopic (exact) mass is 371 g/mol. The molecule has 2 N–H and O–H groups in total. The molecule has 0 atom stereocenters. The Bertz CT molecular complexity index is 907. The second-order valence-electron chi connectivity index (χ2n) is 5.96. The lowest BCUT2D eigenvalue weighted by atomic mass is 10.2. The molecule has 0 unspecified atom stereocenters. The highest BCUT2D eigenvalue weighted by Crippen LogP contribution is 2.26. The molecule has 1 fully saturated rings. The smallest absolute Gasteiger partial charge is 0.228 e. The predicted octanol–water partition coefficient (Wildman–Crippen LogP) is 1.95. The average molecular weight is 371 g/mol. The van der Waals surface area contributed by atoms with Gasteiger partial charge >= 0.3 is 0 Å². The molecule has 4 rings (SSSR count). The maximum atomic E-state index is 6.07. The number of fused-ring (bicyclic) bond motifs is 1. The average Bonchev–Trinajstić information content (AvgIpc) is 3.10. The number of hydrogen-bond acceptors (Lipinski definition) is 8. The minimum atomic E-state index is 0.511. The second-order valence-corrected chi connectivity index (χ2v) is 6.90. The Morgan fingerprint density at radius 2 is 1.96 bits per heavy atom. The number of thioether (sulfide) groups is 1. The number of benzene rings is 1. The third kappa shape index (κ3) is 3.32. The Morgan fingerprint density at radius 3 is 2.77 bits per heavy atom. The summed E-state index contributed by atoms with van der Waals surface area (Å²) in [6, 6.07) is 7.78. The van der Waals surface area contributed by atoms with Crippen LogP contribution in [0.3, 0.4) is 0 Å². The largest absolute Gasteiger partial charge is 0.383 e. The molecule has 0 amide bonds. The zero-order valence-electron chi connectivity index (χ0n) is 14.6. The van der Waals surface area contributed by atoms with Crippen molar-refractivity contribution in [3.05, 3.63) is 30.1 Å². The summed E-state index contributed by atoms with van der Waals surface area (Å²) in [4.78, 5) is 11.3. The number of nitrogen functional groups attached to an aromatic ring is 1. The summed E-state index contributed by atoms with van der Waals surface area (Å²) < 4.78 is 7.55. The highest BCUT2D eigenvalue weighted by atomic mass is 32.2. The molecule has 2 aromatic heterocycles. The van der Waals surface area contributed by atoms with Gasteiger partial charge in [0.05, 0.1) is 24.5 Å². The molecule has 9 heteroatoms. The van der Waals surface area contributed by atoms with Crippen LogP contribution in [-0.2, 0) is 17.0 Å². The second kappa shape index (κ2) is 7.46. The zero-order valence-corrected chi connectivity index (χ0v) is 15.4. The molecule has 1 aliphatic rings. The third-order valence-corrected chi connectivity index (χ3v) is 5.28. The molecule has 3 aromatic rings. The Kier molecular flexibility index (Phi) is 4.89. The van der Waals surface area contributed by atoms with Crippen molar-refractivity contribution in [2.75, 3.05) is 36.9 Å². The number of hydrogen-bond donors (Lipinski definition) is 1. The van der Waals surface area contributed by atoms with E-state index in [9.17, 15) is 0 Å². The molecule has 8 nitrogen and oxygen atoms in total. The van der Waals surface area contributed by atoms with E-state index >= 15 is 0 Å². The van der Waals surface area contributed by atoms with E-state index in [0.717, 1.165) is 54.9 Å². The fraction of sp³-hybridized carbons (Fsp3) is 0.412. The van der Waals surface area contributed by atoms with E-state index in [2.05, 4.69) is 36.6 Å². The minimum absolute atomic E-state index is 0.511. The molecule has 0 aliphatic carbocycles. The third-order valence-electron chi connectivity index (χ3n) is 4.32. The maximum absolute atomic E-state index is 6.07. The van der Waals surface area contributed by atoms with E-state index in [1.54, 1.807) is 11.8 Å². The van der Waals surface area contributed by atoms with Gasteiger partial charge in [0.15, 0.2) is 5.16 Å². The van der Waals surface area contributed by atoms with E-state index in [1.807, 2.05) is 24.3 Å². The molecule has 0 radical (unpaired) electrons. The summed E-state index contributed by atoms with van der Waals surface area (Å²) in [5.74, 6) is 2.70. The van der Waals surface area contributed by atoms with Crippen molar-refractivity contribution in [1.82, 2.24) is 24.7 Å². The van der Waals surface area contributed by atoms with E-state index in [4.69, 9.17) is 10.5 Å². The molecule has 0 spiro atoms. The Morgan fingerprint density at radius 1 is 1.15 bits per heavy atom. The first kappa shape index (κ1) is 17.0. The molecule has 1 saturated heterocycles. The molecule has 3 heterocycles. The van der Waals surface area contributed by atoms with Crippen LogP contribution in [0.25, 0.3) is 10.9 Å². The van der Waals surface area contributed by atoms with E-state index in [1.165, 1.54) is 0 Å². The SMILES string of the molecule is CCn1c(SCc2nc(N)c3ccccc3n2)nnc1N1CCOCC1. The highest BCUT2D eigenvalue weighted by molar-refractivity contribution is 7.98. The van der Waals surface area contributed by atoms with Gasteiger partial charge in [-0.1, -0.05) is 23.9 Å². The quantitative estimate of drug-likeness (QED) is 0.680. The van der Waals surface area contributed by atoms with Crippen LogP contribution in [-0.4, -0.2) is 51.0 Å². The predicted molar refractivity (Wildman–Crippen MR) is 102 cm³/mol. The topological polar surface area (TPSA) is 95.0 Å². The molecular weight excluding hydrogens is 350 g/mol. The van der Waals surface area contributed by atoms with Gasteiger partial charge in [0.1, 0.15) is 11.6 Å². The van der Waals surface area contributed by atoms with Crippen LogP contribution in [0.1, 0.15) is 12.7 Å². The maximum Gasteiger partial charge on any atom is 0.228 e. The van der Waals surface area contributed by atoms with Crippen LogP contribution in [0.4, 0.5) is 11.8 Å². The first-order valence-corrected chi connectivity index (χ1v) is 9.64. The van der Waals surface area contributed by atoms with E-state index < -0.39 is 0 Å². The van der Waals surface area contributed by atoms with Crippen LogP contribution >= 0.6 is 11.8 Å². The van der Waals surface area contributed by atoms with Crippen LogP contribution in [0.2, 0.25) is 0 Å². The number of nitrogens with two attached hydrogens (primary N) is 1. The van der Waals surface area contributed by atoms with Crippen molar-refractivity contribution in [2.24, 2.45) is 0 Å². The van der Waals surface area contributed by atoms with Gasteiger partial charge in [0, 0.05) is 25.0 Å². The molecule has 0 bridgehead atoms. The molecule has 26 heavy (non-hydrogen) atoms. The van der Waals surface area contributed by atoms with Gasteiger partial charge in [-0.05, 0) is 19.1 Å². The number of ether oxygens (including phenoxy) is 1. The fourth-order valence-electron chi connectivity index (χ4n) is 3.01. The standard InChI is InChI=1S/C17H21N7OS/c1-2-24-16(23-7-9-25-10-8-23)21-22-17(24)26-11-14-19-13-6-4-3-5-12(13)15(18)20-14/h3-6H,2,7-11H2,1H3,(H2,18,19,20).